The van der Waals surface area contributed by atoms with Crippen molar-refractivity contribution in [1.82, 2.24) is 10.2 Å². The van der Waals surface area contributed by atoms with Gasteiger partial charge in [-0.2, -0.15) is 10.5 Å². The van der Waals surface area contributed by atoms with E-state index in [1.54, 1.807) is 45.0 Å². The first-order valence-corrected chi connectivity index (χ1v) is 10.1. The molecule has 1 aromatic carbocycles. The minimum atomic E-state index is -0.971. The van der Waals surface area contributed by atoms with Crippen molar-refractivity contribution in [3.05, 3.63) is 29.8 Å². The Kier molecular flexibility index (Phi) is 11.2. The summed E-state index contributed by atoms with van der Waals surface area (Å²) in [5.41, 5.74) is 0.290. The summed E-state index contributed by atoms with van der Waals surface area (Å²) in [6.45, 7) is 5.43. The lowest BCUT2D eigenvalue weighted by Crippen LogP contribution is -2.46. The normalized spacial score (nSPS) is 11.0. The van der Waals surface area contributed by atoms with Gasteiger partial charge in [-0.25, -0.2) is 4.79 Å². The molecule has 9 nitrogen and oxygen atoms in total. The van der Waals surface area contributed by atoms with Crippen LogP contribution in [-0.4, -0.2) is 55.0 Å². The lowest BCUT2D eigenvalue weighted by atomic mass is 10.0. The molecule has 0 heterocycles. The van der Waals surface area contributed by atoms with Crippen molar-refractivity contribution in [1.29, 1.82) is 10.5 Å². The maximum atomic E-state index is 12.7. The molecular formula is C22H28N4O5. The number of nitrogens with zero attached hydrogens (tertiary/aromatic N) is 3. The number of rotatable bonds is 12. The third-order valence-electron chi connectivity index (χ3n) is 4.32. The molecule has 31 heavy (non-hydrogen) atoms. The van der Waals surface area contributed by atoms with Crippen molar-refractivity contribution in [2.24, 2.45) is 5.92 Å². The van der Waals surface area contributed by atoms with Gasteiger partial charge < -0.3 is 19.7 Å². The molecule has 0 radical (unpaired) electrons. The monoisotopic (exact) mass is 428 g/mol. The average molecular weight is 428 g/mol. The second-order valence-electron chi connectivity index (χ2n) is 6.93. The Bertz CT molecular complexity index is 823. The number of nitrogens with one attached hydrogen (secondary N) is 1. The summed E-state index contributed by atoms with van der Waals surface area (Å²) in [6.07, 6.45) is 0.212. The number of carbonyl (C=O) groups excluding carboxylic acids is 3. The van der Waals surface area contributed by atoms with E-state index in [0.29, 0.717) is 12.4 Å². The van der Waals surface area contributed by atoms with E-state index in [1.807, 2.05) is 12.1 Å². The average Bonchev–Trinajstić information content (AvgIpc) is 2.76. The zero-order valence-electron chi connectivity index (χ0n) is 18.1. The second-order valence-corrected chi connectivity index (χ2v) is 6.93. The summed E-state index contributed by atoms with van der Waals surface area (Å²) in [4.78, 5) is 38.9. The van der Waals surface area contributed by atoms with E-state index in [4.69, 9.17) is 20.0 Å². The molecule has 1 rings (SSSR count). The van der Waals surface area contributed by atoms with Gasteiger partial charge in [-0.1, -0.05) is 26.0 Å². The van der Waals surface area contributed by atoms with Gasteiger partial charge in [0.2, 0.25) is 0 Å². The van der Waals surface area contributed by atoms with Crippen molar-refractivity contribution < 1.29 is 23.9 Å². The predicted molar refractivity (Wildman–Crippen MR) is 112 cm³/mol. The Labute approximate surface area is 182 Å². The maximum absolute atomic E-state index is 12.7. The lowest BCUT2D eigenvalue weighted by Gasteiger charge is -2.23. The van der Waals surface area contributed by atoms with Crippen molar-refractivity contribution in [2.45, 2.75) is 39.7 Å². The first-order valence-electron chi connectivity index (χ1n) is 10.1. The van der Waals surface area contributed by atoms with Gasteiger partial charge in [-0.15, -0.1) is 0 Å². The summed E-state index contributed by atoms with van der Waals surface area (Å²) in [5, 5.41) is 20.1. The van der Waals surface area contributed by atoms with Crippen LogP contribution < -0.4 is 10.1 Å². The van der Waals surface area contributed by atoms with E-state index >= 15 is 0 Å². The highest BCUT2D eigenvalue weighted by molar-refractivity contribution is 5.99. The molecule has 9 heteroatoms. The van der Waals surface area contributed by atoms with Crippen LogP contribution >= 0.6 is 0 Å². The van der Waals surface area contributed by atoms with E-state index < -0.39 is 30.4 Å². The number of benzene rings is 1. The smallest absolute Gasteiger partial charge is 0.329 e. The van der Waals surface area contributed by atoms with Crippen LogP contribution in [0.5, 0.6) is 5.75 Å². The van der Waals surface area contributed by atoms with E-state index in [1.165, 1.54) is 4.90 Å². The Morgan fingerprint density at radius 1 is 1.10 bits per heavy atom. The Balaban J connectivity index is 2.79. The molecule has 0 spiro atoms. The highest BCUT2D eigenvalue weighted by Crippen LogP contribution is 2.18. The van der Waals surface area contributed by atoms with Gasteiger partial charge in [0.05, 0.1) is 37.2 Å². The minimum Gasteiger partial charge on any atom is -0.493 e. The largest absolute Gasteiger partial charge is 0.493 e. The fraction of sp³-hybridized carbons (Fsp3) is 0.500. The zero-order chi connectivity index (χ0) is 23.2. The molecule has 1 aromatic rings. The van der Waals surface area contributed by atoms with Crippen molar-refractivity contribution in [3.63, 3.8) is 0 Å². The molecule has 1 atom stereocenters. The number of esters is 1. The SMILES string of the molecule is CCOc1ccccc1C(=O)NC(C(=O)OCC(=O)N(CCC#N)CCC#N)C(C)C. The molecule has 0 bridgehead atoms. The Morgan fingerprint density at radius 2 is 1.71 bits per heavy atom. The van der Waals surface area contributed by atoms with Gasteiger partial charge in [-0.05, 0) is 25.0 Å². The molecule has 0 aliphatic heterocycles. The standard InChI is InChI=1S/C22H28N4O5/c1-4-30-18-10-6-5-9-17(18)21(28)25-20(16(2)3)22(29)31-15-19(27)26(13-7-11-23)14-8-12-24/h5-6,9-10,16,20H,4,7-8,13-15H2,1-3H3,(H,25,28). The number of hydrogen-bond donors (Lipinski definition) is 1. The summed E-state index contributed by atoms with van der Waals surface area (Å²) >= 11 is 0. The van der Waals surface area contributed by atoms with Gasteiger partial charge in [0.25, 0.3) is 11.8 Å². The number of hydrogen-bond acceptors (Lipinski definition) is 7. The fourth-order valence-electron chi connectivity index (χ4n) is 2.70. The van der Waals surface area contributed by atoms with Crippen LogP contribution in [0.15, 0.2) is 24.3 Å². The summed E-state index contributed by atoms with van der Waals surface area (Å²) < 4.78 is 10.6. The number of carbonyl (C=O) groups is 3. The van der Waals surface area contributed by atoms with E-state index in [0.717, 1.165) is 0 Å². The molecule has 0 saturated carbocycles. The van der Waals surface area contributed by atoms with Gasteiger partial charge >= 0.3 is 5.97 Å². The van der Waals surface area contributed by atoms with Gasteiger partial charge in [0, 0.05) is 13.1 Å². The molecule has 1 N–H and O–H groups in total. The molecule has 166 valence electrons. The van der Waals surface area contributed by atoms with E-state index in [2.05, 4.69) is 5.32 Å². The summed E-state index contributed by atoms with van der Waals surface area (Å²) in [5.74, 6) is -1.63. The van der Waals surface area contributed by atoms with Gasteiger partial charge in [-0.3, -0.25) is 9.59 Å². The van der Waals surface area contributed by atoms with Crippen LogP contribution in [0.3, 0.4) is 0 Å². The third kappa shape index (κ3) is 8.35. The predicted octanol–water partition coefficient (Wildman–Crippen LogP) is 2.04. The van der Waals surface area contributed by atoms with Crippen molar-refractivity contribution in [2.75, 3.05) is 26.3 Å². The summed E-state index contributed by atoms with van der Waals surface area (Å²) in [7, 11) is 0. The van der Waals surface area contributed by atoms with E-state index in [9.17, 15) is 14.4 Å². The molecule has 0 fully saturated rings. The van der Waals surface area contributed by atoms with Crippen LogP contribution in [0.2, 0.25) is 0 Å². The van der Waals surface area contributed by atoms with Gasteiger partial charge in [0.15, 0.2) is 6.61 Å². The molecule has 2 amide bonds. The third-order valence-corrected chi connectivity index (χ3v) is 4.32. The number of nitriles is 2. The molecule has 1 unspecified atom stereocenters. The van der Waals surface area contributed by atoms with Gasteiger partial charge in [0.1, 0.15) is 11.8 Å². The molecule has 0 aliphatic carbocycles. The minimum absolute atomic E-state index is 0.106. The Hall–Kier alpha value is -3.59. The highest BCUT2D eigenvalue weighted by Gasteiger charge is 2.28. The zero-order valence-corrected chi connectivity index (χ0v) is 18.1. The molecule has 0 aliphatic rings. The van der Waals surface area contributed by atoms with Crippen LogP contribution in [-0.2, 0) is 14.3 Å². The molecular weight excluding hydrogens is 400 g/mol. The Morgan fingerprint density at radius 3 is 2.26 bits per heavy atom. The summed E-state index contributed by atoms with van der Waals surface area (Å²) in [6, 6.07) is 9.59. The number of amides is 2. The quantitative estimate of drug-likeness (QED) is 0.504. The number of para-hydroxylation sites is 1. The first-order chi connectivity index (χ1) is 14.8. The van der Waals surface area contributed by atoms with Crippen LogP contribution in [0.1, 0.15) is 44.0 Å². The maximum Gasteiger partial charge on any atom is 0.329 e. The fourth-order valence-corrected chi connectivity index (χ4v) is 2.70. The van der Waals surface area contributed by atoms with Crippen LogP contribution in [0.4, 0.5) is 0 Å². The molecule has 0 aromatic heterocycles. The highest BCUT2D eigenvalue weighted by atomic mass is 16.5. The topological polar surface area (TPSA) is 133 Å². The van der Waals surface area contributed by atoms with Crippen molar-refractivity contribution >= 4 is 17.8 Å². The second kappa shape index (κ2) is 13.6. The number of ether oxygens (including phenoxy) is 2. The lowest BCUT2D eigenvalue weighted by molar-refractivity contribution is -0.154. The van der Waals surface area contributed by atoms with Crippen LogP contribution in [0, 0.1) is 28.6 Å². The first kappa shape index (κ1) is 25.4. The van der Waals surface area contributed by atoms with E-state index in [-0.39, 0.29) is 37.4 Å². The molecule has 0 saturated heterocycles. The van der Waals surface area contributed by atoms with Crippen LogP contribution in [0.25, 0.3) is 0 Å². The van der Waals surface area contributed by atoms with Crippen molar-refractivity contribution in [3.8, 4) is 17.9 Å².